The number of rotatable bonds is 4. The molecule has 0 aromatic carbocycles. The van der Waals surface area contributed by atoms with Gasteiger partial charge >= 0.3 is 33.7 Å². The van der Waals surface area contributed by atoms with E-state index >= 15 is 0 Å². The first kappa shape index (κ1) is 20.7. The molecule has 0 atom stereocenters. The molecule has 22 heavy (non-hydrogen) atoms. The zero-order chi connectivity index (χ0) is 17.9. The van der Waals surface area contributed by atoms with E-state index in [1.807, 2.05) is 0 Å². The molecule has 0 rings (SSSR count). The van der Waals surface area contributed by atoms with Gasteiger partial charge in [-0.25, -0.2) is 4.31 Å². The summed E-state index contributed by atoms with van der Waals surface area (Å²) in [4.78, 5) is 25.3. The van der Waals surface area contributed by atoms with Gasteiger partial charge in [0.15, 0.2) is 12.2 Å². The summed E-state index contributed by atoms with van der Waals surface area (Å²) in [5.74, 6) is -4.09. The van der Waals surface area contributed by atoms with Crippen LogP contribution in [-0.4, -0.2) is 54.8 Å². The van der Waals surface area contributed by atoms with Crippen molar-refractivity contribution in [1.82, 2.24) is 8.61 Å². The highest BCUT2D eigenvalue weighted by atomic mass is 32.2. The van der Waals surface area contributed by atoms with Crippen LogP contribution in [0.1, 0.15) is 0 Å². The number of hydrogen-bond acceptors (Lipinski definition) is 7. The van der Waals surface area contributed by atoms with Crippen molar-refractivity contribution in [3.8, 4) is 0 Å². The number of sulfonamides is 1. The van der Waals surface area contributed by atoms with E-state index in [1.54, 1.807) is 0 Å². The molecule has 0 saturated carbocycles. The van der Waals surface area contributed by atoms with Crippen molar-refractivity contribution in [2.24, 2.45) is 0 Å². The molecule has 0 heterocycles. The molecule has 2 amide bonds. The second-order valence-electron chi connectivity index (χ2n) is 3.20. The number of alkyl halides is 6. The van der Waals surface area contributed by atoms with Crippen LogP contribution in [0.3, 0.4) is 0 Å². The normalized spacial score (nSPS) is 12.9. The van der Waals surface area contributed by atoms with Crippen molar-refractivity contribution in [2.75, 3.05) is 14.1 Å². The second-order valence-corrected chi connectivity index (χ2v) is 5.99. The standard InChI is InChI=1S/C6H6F6N2O6S2/c1-13(21-20-19-5(7,8)9)3(15)4(16)14(2)22(17,18)6(10,11)12/h1-2H3. The molecule has 130 valence electrons. The SMILES string of the molecule is CN(SOOC(F)(F)F)C(=O)C(=O)N(C)S(=O)(=O)C(F)(F)F. The van der Waals surface area contributed by atoms with Crippen molar-refractivity contribution in [3.63, 3.8) is 0 Å². The Morgan fingerprint density at radius 1 is 1.00 bits per heavy atom. The van der Waals surface area contributed by atoms with Crippen LogP contribution in [0.4, 0.5) is 26.3 Å². The molecule has 0 aromatic rings. The molecule has 0 bridgehead atoms. The summed E-state index contributed by atoms with van der Waals surface area (Å²) < 4.78 is 95.3. The number of nitrogens with zero attached hydrogens (tertiary/aromatic N) is 2. The summed E-state index contributed by atoms with van der Waals surface area (Å²) in [6.07, 6.45) is -5.24. The summed E-state index contributed by atoms with van der Waals surface area (Å²) in [6, 6.07) is 0. The summed E-state index contributed by atoms with van der Waals surface area (Å²) in [5, 5.41) is 0. The van der Waals surface area contributed by atoms with Gasteiger partial charge in [-0.2, -0.15) is 21.6 Å². The van der Waals surface area contributed by atoms with Gasteiger partial charge in [-0.3, -0.25) is 13.9 Å². The fourth-order valence-corrected chi connectivity index (χ4v) is 1.62. The highest BCUT2D eigenvalue weighted by Gasteiger charge is 2.51. The molecular weight excluding hydrogens is 374 g/mol. The average molecular weight is 380 g/mol. The Morgan fingerprint density at radius 3 is 1.82 bits per heavy atom. The first-order chi connectivity index (χ1) is 9.61. The maximum absolute atomic E-state index is 12.2. The van der Waals surface area contributed by atoms with E-state index in [4.69, 9.17) is 0 Å². The van der Waals surface area contributed by atoms with Crippen molar-refractivity contribution < 1.29 is 53.6 Å². The van der Waals surface area contributed by atoms with Crippen LogP contribution in [0.25, 0.3) is 0 Å². The van der Waals surface area contributed by atoms with Gasteiger partial charge in [-0.05, 0) is 0 Å². The Bertz CT molecular complexity index is 531. The Labute approximate surface area is 123 Å². The first-order valence-corrected chi connectivity index (χ1v) is 6.71. The zero-order valence-electron chi connectivity index (χ0n) is 10.4. The molecule has 0 aliphatic heterocycles. The number of hydrogen-bond donors (Lipinski definition) is 0. The lowest BCUT2D eigenvalue weighted by Gasteiger charge is -2.20. The molecule has 0 saturated heterocycles. The minimum absolute atomic E-state index is 0.0174. The zero-order valence-corrected chi connectivity index (χ0v) is 12.1. The molecule has 0 aliphatic carbocycles. The molecule has 0 fully saturated rings. The smallest absolute Gasteiger partial charge is 0.262 e. The van der Waals surface area contributed by atoms with Crippen LogP contribution >= 0.6 is 12.2 Å². The monoisotopic (exact) mass is 380 g/mol. The Hall–Kier alpha value is -1.26. The number of amides is 2. The van der Waals surface area contributed by atoms with Crippen LogP contribution in [0, 0.1) is 0 Å². The van der Waals surface area contributed by atoms with Crippen LogP contribution in [0.5, 0.6) is 0 Å². The first-order valence-electron chi connectivity index (χ1n) is 4.57. The molecular formula is C6H6F6N2O6S2. The lowest BCUT2D eigenvalue weighted by molar-refractivity contribution is -0.440. The molecule has 0 radical (unpaired) electrons. The van der Waals surface area contributed by atoms with Gasteiger partial charge in [0.1, 0.15) is 0 Å². The van der Waals surface area contributed by atoms with Crippen LogP contribution in [0.15, 0.2) is 0 Å². The predicted molar refractivity (Wildman–Crippen MR) is 56.3 cm³/mol. The summed E-state index contributed by atoms with van der Waals surface area (Å²) in [7, 11) is -5.35. The largest absolute Gasteiger partial charge is 0.550 e. The van der Waals surface area contributed by atoms with Gasteiger partial charge in [-0.15, -0.1) is 22.4 Å². The van der Waals surface area contributed by atoms with Gasteiger partial charge in [0.2, 0.25) is 0 Å². The van der Waals surface area contributed by atoms with Gasteiger partial charge in [0, 0.05) is 14.1 Å². The maximum atomic E-state index is 12.2. The maximum Gasteiger partial charge on any atom is 0.550 e. The van der Waals surface area contributed by atoms with Gasteiger partial charge in [0.05, 0.1) is 0 Å². The summed E-state index contributed by atoms with van der Waals surface area (Å²) in [5.41, 5.74) is -5.85. The van der Waals surface area contributed by atoms with Gasteiger partial charge < -0.3 is 0 Å². The predicted octanol–water partition coefficient (Wildman–Crippen LogP) is 0.784. The summed E-state index contributed by atoms with van der Waals surface area (Å²) in [6.45, 7) is 0. The molecule has 0 aromatic heterocycles. The minimum Gasteiger partial charge on any atom is -0.262 e. The number of carbonyl (C=O) groups is 2. The van der Waals surface area contributed by atoms with Gasteiger partial charge in [-0.1, -0.05) is 0 Å². The minimum atomic E-state index is -6.12. The highest BCUT2D eigenvalue weighted by Crippen LogP contribution is 2.26. The van der Waals surface area contributed by atoms with E-state index in [0.29, 0.717) is 7.05 Å². The van der Waals surface area contributed by atoms with E-state index in [-0.39, 0.29) is 11.4 Å². The van der Waals surface area contributed by atoms with Crippen LogP contribution in [-0.2, 0) is 28.8 Å². The lowest BCUT2D eigenvalue weighted by Crippen LogP contribution is -2.47. The second kappa shape index (κ2) is 6.88. The third-order valence-electron chi connectivity index (χ3n) is 1.68. The Balaban J connectivity index is 4.83. The summed E-state index contributed by atoms with van der Waals surface area (Å²) >= 11 is -0.507. The van der Waals surface area contributed by atoms with Crippen LogP contribution < -0.4 is 0 Å². The van der Waals surface area contributed by atoms with Crippen molar-refractivity contribution in [1.29, 1.82) is 0 Å². The number of likely N-dealkylation sites (N-methyl/N-ethyl adjacent to an activating group) is 2. The van der Waals surface area contributed by atoms with E-state index in [0.717, 1.165) is 0 Å². The molecule has 0 N–H and O–H groups in total. The molecule has 0 unspecified atom stereocenters. The Kier molecular flexibility index (Phi) is 6.49. The van der Waals surface area contributed by atoms with Crippen LogP contribution in [0.2, 0.25) is 0 Å². The fourth-order valence-electron chi connectivity index (χ4n) is 0.667. The molecule has 16 heteroatoms. The molecule has 0 spiro atoms. The lowest BCUT2D eigenvalue weighted by atomic mass is 10.6. The molecule has 8 nitrogen and oxygen atoms in total. The van der Waals surface area contributed by atoms with Gasteiger partial charge in [0.25, 0.3) is 0 Å². The number of halogens is 6. The van der Waals surface area contributed by atoms with Crippen molar-refractivity contribution >= 4 is 34.1 Å². The third kappa shape index (κ3) is 5.50. The fraction of sp³-hybridized carbons (Fsp3) is 0.667. The van der Waals surface area contributed by atoms with Crippen molar-refractivity contribution in [3.05, 3.63) is 0 Å². The Morgan fingerprint density at radius 2 is 1.45 bits per heavy atom. The topological polar surface area (TPSA) is 93.2 Å². The third-order valence-corrected chi connectivity index (χ3v) is 3.67. The van der Waals surface area contributed by atoms with Crippen molar-refractivity contribution in [2.45, 2.75) is 11.9 Å². The number of carbonyl (C=O) groups excluding carboxylic acids is 2. The quantitative estimate of drug-likeness (QED) is 0.178. The highest BCUT2D eigenvalue weighted by molar-refractivity contribution is 7.93. The molecule has 0 aliphatic rings. The van der Waals surface area contributed by atoms with E-state index in [2.05, 4.69) is 9.22 Å². The van der Waals surface area contributed by atoms with E-state index in [1.165, 1.54) is 0 Å². The van der Waals surface area contributed by atoms with E-state index in [9.17, 15) is 44.3 Å². The average Bonchev–Trinajstić information content (AvgIpc) is 2.32. The van der Waals surface area contributed by atoms with E-state index < -0.39 is 50.2 Å².